The summed E-state index contributed by atoms with van der Waals surface area (Å²) in [6, 6.07) is 14.8. The van der Waals surface area contributed by atoms with E-state index in [2.05, 4.69) is 30.5 Å². The molecule has 7 nitrogen and oxygen atoms in total. The van der Waals surface area contributed by atoms with E-state index >= 15 is 0 Å². The number of benzene rings is 2. The van der Waals surface area contributed by atoms with E-state index in [1.165, 1.54) is 0 Å². The molecule has 4 aromatic rings. The molecule has 118 valence electrons. The largest absolute Gasteiger partial charge is 0.348 e. The van der Waals surface area contributed by atoms with Gasteiger partial charge in [-0.05, 0) is 51.8 Å². The van der Waals surface area contributed by atoms with Crippen LogP contribution in [0.25, 0.3) is 22.3 Å². The summed E-state index contributed by atoms with van der Waals surface area (Å²) in [5.74, 6) is -0.135. The monoisotopic (exact) mass is 319 g/mol. The maximum absolute atomic E-state index is 12.3. The number of carbonyl (C=O) groups excluding carboxylic acids is 1. The fourth-order valence-electron chi connectivity index (χ4n) is 2.44. The first kappa shape index (κ1) is 14.1. The molecule has 2 N–H and O–H groups in total. The molecule has 2 aromatic heterocycles. The molecule has 0 spiro atoms. The highest BCUT2D eigenvalue weighted by molar-refractivity contribution is 5.94. The van der Waals surface area contributed by atoms with Gasteiger partial charge in [0.1, 0.15) is 11.0 Å². The fourth-order valence-corrected chi connectivity index (χ4v) is 2.44. The molecular formula is C17H13N5O2. The lowest BCUT2D eigenvalue weighted by Crippen LogP contribution is -2.22. The molecule has 4 rings (SSSR count). The molecule has 0 aliphatic heterocycles. The first-order valence-corrected chi connectivity index (χ1v) is 7.39. The van der Waals surface area contributed by atoms with Gasteiger partial charge in [-0.25, -0.2) is 4.63 Å². The van der Waals surface area contributed by atoms with E-state index in [4.69, 9.17) is 0 Å². The average molecular weight is 319 g/mol. The van der Waals surface area contributed by atoms with Gasteiger partial charge in [-0.1, -0.05) is 18.2 Å². The van der Waals surface area contributed by atoms with Gasteiger partial charge in [-0.3, -0.25) is 9.89 Å². The van der Waals surface area contributed by atoms with E-state index < -0.39 is 0 Å². The van der Waals surface area contributed by atoms with E-state index in [-0.39, 0.29) is 5.91 Å². The van der Waals surface area contributed by atoms with Crippen LogP contribution in [0.2, 0.25) is 0 Å². The number of fused-ring (bicyclic) bond motifs is 1. The number of hydrogen-bond acceptors (Lipinski definition) is 5. The van der Waals surface area contributed by atoms with Crippen molar-refractivity contribution in [2.75, 3.05) is 0 Å². The molecule has 0 aliphatic carbocycles. The molecule has 1 amide bonds. The van der Waals surface area contributed by atoms with Crippen LogP contribution >= 0.6 is 0 Å². The average Bonchev–Trinajstić information content (AvgIpc) is 3.31. The predicted octanol–water partition coefficient (Wildman–Crippen LogP) is 2.54. The molecule has 0 unspecified atom stereocenters. The lowest BCUT2D eigenvalue weighted by atomic mass is 10.1. The number of H-pyrrole nitrogens is 1. The van der Waals surface area contributed by atoms with Crippen molar-refractivity contribution in [2.24, 2.45) is 0 Å². The minimum absolute atomic E-state index is 0.135. The zero-order valence-electron chi connectivity index (χ0n) is 12.6. The lowest BCUT2D eigenvalue weighted by Gasteiger charge is -2.06. The summed E-state index contributed by atoms with van der Waals surface area (Å²) in [5.41, 5.74) is 4.79. The Balaban J connectivity index is 1.43. The van der Waals surface area contributed by atoms with Gasteiger partial charge in [-0.2, -0.15) is 5.10 Å². The zero-order chi connectivity index (χ0) is 16.4. The number of amides is 1. The van der Waals surface area contributed by atoms with Gasteiger partial charge < -0.3 is 5.32 Å². The molecular weight excluding hydrogens is 306 g/mol. The fraction of sp³-hybridized carbons (Fsp3) is 0.0588. The third-order valence-electron chi connectivity index (χ3n) is 3.73. The maximum Gasteiger partial charge on any atom is 0.251 e. The predicted molar refractivity (Wildman–Crippen MR) is 87.0 cm³/mol. The molecule has 7 heteroatoms. The molecule has 0 saturated carbocycles. The van der Waals surface area contributed by atoms with E-state index in [1.807, 2.05) is 36.4 Å². The number of hydrogen-bond donors (Lipinski definition) is 2. The van der Waals surface area contributed by atoms with E-state index in [9.17, 15) is 4.79 Å². The Bertz CT molecular complexity index is 974. The SMILES string of the molecule is O=C(NCc1ccc2nonc2c1)c1ccc(-c2ccn[nH]2)cc1. The third kappa shape index (κ3) is 2.74. The molecule has 0 saturated heterocycles. The standard InChI is InChI=1S/C17H13N5O2/c23-17(13-4-2-12(3-5-13)14-7-8-19-20-14)18-10-11-1-6-15-16(9-11)22-24-21-15/h1-9H,10H2,(H,18,23)(H,19,20). The summed E-state index contributed by atoms with van der Waals surface area (Å²) in [6.07, 6.45) is 1.69. The topological polar surface area (TPSA) is 96.7 Å². The van der Waals surface area contributed by atoms with Crippen LogP contribution in [0.4, 0.5) is 0 Å². The molecule has 0 aliphatic rings. The Morgan fingerprint density at radius 3 is 2.67 bits per heavy atom. The van der Waals surface area contributed by atoms with Crippen LogP contribution in [0.15, 0.2) is 59.4 Å². The van der Waals surface area contributed by atoms with Gasteiger partial charge in [0, 0.05) is 18.3 Å². The van der Waals surface area contributed by atoms with Crippen molar-refractivity contribution in [3.63, 3.8) is 0 Å². The Labute approximate surface area is 136 Å². The van der Waals surface area contributed by atoms with E-state index in [0.29, 0.717) is 23.1 Å². The Morgan fingerprint density at radius 2 is 1.88 bits per heavy atom. The normalized spacial score (nSPS) is 10.8. The summed E-state index contributed by atoms with van der Waals surface area (Å²) < 4.78 is 4.66. The van der Waals surface area contributed by atoms with Gasteiger partial charge in [0.2, 0.25) is 0 Å². The summed E-state index contributed by atoms with van der Waals surface area (Å²) >= 11 is 0. The summed E-state index contributed by atoms with van der Waals surface area (Å²) in [7, 11) is 0. The van der Waals surface area contributed by atoms with Crippen LogP contribution in [0.3, 0.4) is 0 Å². The Morgan fingerprint density at radius 1 is 1.04 bits per heavy atom. The van der Waals surface area contributed by atoms with Crippen molar-refractivity contribution in [2.45, 2.75) is 6.54 Å². The third-order valence-corrected chi connectivity index (χ3v) is 3.73. The Hall–Kier alpha value is -3.48. The quantitative estimate of drug-likeness (QED) is 0.602. The molecule has 0 atom stereocenters. The smallest absolute Gasteiger partial charge is 0.251 e. The van der Waals surface area contributed by atoms with Crippen molar-refractivity contribution in [1.29, 1.82) is 0 Å². The molecule has 2 aromatic carbocycles. The number of rotatable bonds is 4. The van der Waals surface area contributed by atoms with Crippen LogP contribution in [0, 0.1) is 0 Å². The van der Waals surface area contributed by atoms with Crippen LogP contribution in [0.1, 0.15) is 15.9 Å². The van der Waals surface area contributed by atoms with Crippen molar-refractivity contribution < 1.29 is 9.42 Å². The zero-order valence-corrected chi connectivity index (χ0v) is 12.6. The van der Waals surface area contributed by atoms with Crippen LogP contribution in [0.5, 0.6) is 0 Å². The van der Waals surface area contributed by atoms with E-state index in [1.54, 1.807) is 18.3 Å². The van der Waals surface area contributed by atoms with Gasteiger partial charge in [0.05, 0.1) is 5.69 Å². The molecule has 0 radical (unpaired) electrons. The molecule has 0 fully saturated rings. The number of aromatic amines is 1. The van der Waals surface area contributed by atoms with Crippen molar-refractivity contribution in [1.82, 2.24) is 25.8 Å². The van der Waals surface area contributed by atoms with Crippen molar-refractivity contribution in [3.8, 4) is 11.3 Å². The second-order valence-electron chi connectivity index (χ2n) is 5.32. The number of nitrogens with zero attached hydrogens (tertiary/aromatic N) is 3. The number of nitrogens with one attached hydrogen (secondary N) is 2. The minimum Gasteiger partial charge on any atom is -0.348 e. The number of carbonyl (C=O) groups is 1. The maximum atomic E-state index is 12.3. The van der Waals surface area contributed by atoms with Crippen LogP contribution in [-0.2, 0) is 6.54 Å². The minimum atomic E-state index is -0.135. The summed E-state index contributed by atoms with van der Waals surface area (Å²) in [4.78, 5) is 12.3. The summed E-state index contributed by atoms with van der Waals surface area (Å²) in [6.45, 7) is 0.407. The van der Waals surface area contributed by atoms with Crippen molar-refractivity contribution in [3.05, 3.63) is 65.9 Å². The van der Waals surface area contributed by atoms with Gasteiger partial charge in [-0.15, -0.1) is 0 Å². The van der Waals surface area contributed by atoms with Gasteiger partial charge in [0.15, 0.2) is 0 Å². The number of aromatic nitrogens is 4. The second-order valence-corrected chi connectivity index (χ2v) is 5.32. The van der Waals surface area contributed by atoms with Gasteiger partial charge in [0.25, 0.3) is 5.91 Å². The molecule has 24 heavy (non-hydrogen) atoms. The highest BCUT2D eigenvalue weighted by Crippen LogP contribution is 2.17. The highest BCUT2D eigenvalue weighted by Gasteiger charge is 2.07. The first-order valence-electron chi connectivity index (χ1n) is 7.39. The van der Waals surface area contributed by atoms with Crippen molar-refractivity contribution >= 4 is 16.9 Å². The lowest BCUT2D eigenvalue weighted by molar-refractivity contribution is 0.0951. The first-order chi connectivity index (χ1) is 11.8. The van der Waals surface area contributed by atoms with E-state index in [0.717, 1.165) is 16.8 Å². The second kappa shape index (κ2) is 5.96. The molecule has 0 bridgehead atoms. The van der Waals surface area contributed by atoms with Crippen LogP contribution in [-0.4, -0.2) is 26.4 Å². The van der Waals surface area contributed by atoms with Gasteiger partial charge >= 0.3 is 0 Å². The Kier molecular flexibility index (Phi) is 3.51. The molecule has 2 heterocycles. The summed E-state index contributed by atoms with van der Waals surface area (Å²) in [5, 5.41) is 17.2. The highest BCUT2D eigenvalue weighted by atomic mass is 16.6. The van der Waals surface area contributed by atoms with Crippen LogP contribution < -0.4 is 5.32 Å².